The van der Waals surface area contributed by atoms with E-state index >= 15 is 0 Å². The van der Waals surface area contributed by atoms with Gasteiger partial charge in [-0.25, -0.2) is 12.7 Å². The standard InChI is InChI=1S/C14H17N3O3S/c1-21(19,20)17-8-2-7-16(9-10-17)14(18)13-5-3-12(11-15)4-6-13/h3-6H,2,7-10H2,1H3. The van der Waals surface area contributed by atoms with Crippen LogP contribution in [0.1, 0.15) is 22.3 Å². The first-order valence-electron chi connectivity index (χ1n) is 6.66. The van der Waals surface area contributed by atoms with E-state index in [4.69, 9.17) is 5.26 Å². The van der Waals surface area contributed by atoms with Crippen molar-refractivity contribution < 1.29 is 13.2 Å². The van der Waals surface area contributed by atoms with Crippen LogP contribution in [0.15, 0.2) is 24.3 Å². The van der Waals surface area contributed by atoms with Crippen LogP contribution in [0.5, 0.6) is 0 Å². The molecule has 21 heavy (non-hydrogen) atoms. The van der Waals surface area contributed by atoms with Crippen molar-refractivity contribution in [1.29, 1.82) is 5.26 Å². The van der Waals surface area contributed by atoms with Crippen molar-refractivity contribution in [2.75, 3.05) is 32.4 Å². The minimum absolute atomic E-state index is 0.130. The Morgan fingerprint density at radius 2 is 1.81 bits per heavy atom. The highest BCUT2D eigenvalue weighted by atomic mass is 32.2. The zero-order valence-electron chi connectivity index (χ0n) is 11.8. The zero-order chi connectivity index (χ0) is 15.5. The highest BCUT2D eigenvalue weighted by Gasteiger charge is 2.24. The molecule has 0 aliphatic carbocycles. The van der Waals surface area contributed by atoms with Crippen molar-refractivity contribution in [1.82, 2.24) is 9.21 Å². The lowest BCUT2D eigenvalue weighted by Crippen LogP contribution is -2.36. The van der Waals surface area contributed by atoms with Crippen LogP contribution in [0.3, 0.4) is 0 Å². The van der Waals surface area contributed by atoms with E-state index in [1.54, 1.807) is 29.2 Å². The average molecular weight is 307 g/mol. The Kier molecular flexibility index (Phi) is 4.60. The molecule has 1 amide bonds. The van der Waals surface area contributed by atoms with Gasteiger partial charge in [0.2, 0.25) is 10.0 Å². The van der Waals surface area contributed by atoms with Crippen LogP contribution < -0.4 is 0 Å². The number of carbonyl (C=O) groups excluding carboxylic acids is 1. The van der Waals surface area contributed by atoms with Crippen LogP contribution >= 0.6 is 0 Å². The Bertz CT molecular complexity index is 662. The number of sulfonamides is 1. The topological polar surface area (TPSA) is 81.5 Å². The second-order valence-electron chi connectivity index (χ2n) is 5.00. The summed E-state index contributed by atoms with van der Waals surface area (Å²) in [7, 11) is -3.21. The van der Waals surface area contributed by atoms with Gasteiger partial charge in [-0.15, -0.1) is 0 Å². The Labute approximate surface area is 124 Å². The van der Waals surface area contributed by atoms with Gasteiger partial charge in [0.05, 0.1) is 17.9 Å². The Morgan fingerprint density at radius 3 is 2.38 bits per heavy atom. The smallest absolute Gasteiger partial charge is 0.253 e. The normalized spacial score (nSPS) is 17.0. The molecule has 1 aromatic carbocycles. The summed E-state index contributed by atoms with van der Waals surface area (Å²) in [5.41, 5.74) is 1.02. The van der Waals surface area contributed by atoms with Gasteiger partial charge in [-0.1, -0.05) is 0 Å². The monoisotopic (exact) mass is 307 g/mol. The van der Waals surface area contributed by atoms with E-state index < -0.39 is 10.0 Å². The third-order valence-corrected chi connectivity index (χ3v) is 4.78. The molecule has 7 heteroatoms. The first-order chi connectivity index (χ1) is 9.91. The third kappa shape index (κ3) is 3.80. The predicted octanol–water partition coefficient (Wildman–Crippen LogP) is 0.666. The molecule has 0 unspecified atom stereocenters. The molecule has 1 aromatic rings. The molecule has 0 aromatic heterocycles. The van der Waals surface area contributed by atoms with Crippen LogP contribution in [0.2, 0.25) is 0 Å². The maximum absolute atomic E-state index is 12.4. The molecule has 1 aliphatic heterocycles. The van der Waals surface area contributed by atoms with Gasteiger partial charge in [0.25, 0.3) is 5.91 Å². The van der Waals surface area contributed by atoms with Crippen LogP contribution in [0, 0.1) is 11.3 Å². The van der Waals surface area contributed by atoms with Gasteiger partial charge in [0.15, 0.2) is 0 Å². The largest absolute Gasteiger partial charge is 0.337 e. The molecule has 0 radical (unpaired) electrons. The minimum Gasteiger partial charge on any atom is -0.337 e. The number of hydrogen-bond acceptors (Lipinski definition) is 4. The molecule has 0 saturated carbocycles. The highest BCUT2D eigenvalue weighted by molar-refractivity contribution is 7.88. The summed E-state index contributed by atoms with van der Waals surface area (Å²) in [5.74, 6) is -0.130. The number of carbonyl (C=O) groups is 1. The van der Waals surface area contributed by atoms with E-state index in [2.05, 4.69) is 0 Å². The van der Waals surface area contributed by atoms with Crippen molar-refractivity contribution in [2.45, 2.75) is 6.42 Å². The average Bonchev–Trinajstić information content (AvgIpc) is 2.72. The summed E-state index contributed by atoms with van der Waals surface area (Å²) < 4.78 is 24.5. The van der Waals surface area contributed by atoms with E-state index in [-0.39, 0.29) is 5.91 Å². The summed E-state index contributed by atoms with van der Waals surface area (Å²) in [6.45, 7) is 1.67. The maximum Gasteiger partial charge on any atom is 0.253 e. The van der Waals surface area contributed by atoms with E-state index in [9.17, 15) is 13.2 Å². The van der Waals surface area contributed by atoms with Crippen LogP contribution in [-0.2, 0) is 10.0 Å². The molecule has 1 aliphatic rings. The number of benzene rings is 1. The Hall–Kier alpha value is -1.91. The van der Waals surface area contributed by atoms with Gasteiger partial charge in [-0.3, -0.25) is 4.79 Å². The van der Waals surface area contributed by atoms with Crippen molar-refractivity contribution in [2.24, 2.45) is 0 Å². The molecule has 0 atom stereocenters. The quantitative estimate of drug-likeness (QED) is 0.804. The minimum atomic E-state index is -3.21. The van der Waals surface area contributed by atoms with Gasteiger partial charge in [0.1, 0.15) is 0 Å². The summed E-state index contributed by atoms with van der Waals surface area (Å²) in [6.07, 6.45) is 1.81. The van der Waals surface area contributed by atoms with Gasteiger partial charge < -0.3 is 4.90 Å². The molecule has 0 bridgehead atoms. The van der Waals surface area contributed by atoms with Gasteiger partial charge >= 0.3 is 0 Å². The lowest BCUT2D eigenvalue weighted by molar-refractivity contribution is 0.0764. The van der Waals surface area contributed by atoms with Crippen molar-refractivity contribution in [3.8, 4) is 6.07 Å². The number of amides is 1. The molecule has 0 spiro atoms. The number of hydrogen-bond donors (Lipinski definition) is 0. The molecule has 2 rings (SSSR count). The molecule has 0 N–H and O–H groups in total. The molecule has 112 valence electrons. The Balaban J connectivity index is 2.08. The predicted molar refractivity (Wildman–Crippen MR) is 78.1 cm³/mol. The first kappa shape index (κ1) is 15.5. The molecular formula is C14H17N3O3S. The number of rotatable bonds is 2. The van der Waals surface area contributed by atoms with E-state index in [1.807, 2.05) is 6.07 Å². The SMILES string of the molecule is CS(=O)(=O)N1CCCN(C(=O)c2ccc(C#N)cc2)CC1. The third-order valence-electron chi connectivity index (χ3n) is 3.47. The second kappa shape index (κ2) is 6.24. The van der Waals surface area contributed by atoms with Gasteiger partial charge in [-0.2, -0.15) is 5.26 Å². The van der Waals surface area contributed by atoms with Gasteiger partial charge in [0, 0.05) is 31.7 Å². The van der Waals surface area contributed by atoms with E-state index in [1.165, 1.54) is 10.6 Å². The first-order valence-corrected chi connectivity index (χ1v) is 8.51. The Morgan fingerprint density at radius 1 is 1.14 bits per heavy atom. The second-order valence-corrected chi connectivity index (χ2v) is 6.98. The van der Waals surface area contributed by atoms with Crippen LogP contribution in [-0.4, -0.2) is 56.0 Å². The lowest BCUT2D eigenvalue weighted by Gasteiger charge is -2.21. The fourth-order valence-electron chi connectivity index (χ4n) is 2.30. The van der Waals surface area contributed by atoms with E-state index in [0.29, 0.717) is 43.7 Å². The molecular weight excluding hydrogens is 290 g/mol. The van der Waals surface area contributed by atoms with Crippen LogP contribution in [0.25, 0.3) is 0 Å². The van der Waals surface area contributed by atoms with Gasteiger partial charge in [-0.05, 0) is 30.7 Å². The molecule has 6 nitrogen and oxygen atoms in total. The molecule has 1 heterocycles. The van der Waals surface area contributed by atoms with Crippen LogP contribution in [0.4, 0.5) is 0 Å². The summed E-state index contributed by atoms with van der Waals surface area (Å²) >= 11 is 0. The molecule has 1 saturated heterocycles. The van der Waals surface area contributed by atoms with E-state index in [0.717, 1.165) is 0 Å². The van der Waals surface area contributed by atoms with Crippen molar-refractivity contribution >= 4 is 15.9 Å². The van der Waals surface area contributed by atoms with Crippen molar-refractivity contribution in [3.63, 3.8) is 0 Å². The number of nitrogens with zero attached hydrogens (tertiary/aromatic N) is 3. The maximum atomic E-state index is 12.4. The summed E-state index contributed by atoms with van der Waals surface area (Å²) in [6, 6.07) is 8.47. The molecule has 1 fully saturated rings. The highest BCUT2D eigenvalue weighted by Crippen LogP contribution is 2.12. The summed E-state index contributed by atoms with van der Waals surface area (Å²) in [4.78, 5) is 14.0. The van der Waals surface area contributed by atoms with Crippen molar-refractivity contribution in [3.05, 3.63) is 35.4 Å². The fourth-order valence-corrected chi connectivity index (χ4v) is 3.17. The fraction of sp³-hybridized carbons (Fsp3) is 0.429. The zero-order valence-corrected chi connectivity index (χ0v) is 12.6. The lowest BCUT2D eigenvalue weighted by atomic mass is 10.1. The summed E-state index contributed by atoms with van der Waals surface area (Å²) in [5, 5.41) is 8.75. The number of nitriles is 1.